The van der Waals surface area contributed by atoms with Crippen LogP contribution in [0.3, 0.4) is 0 Å². The Morgan fingerprint density at radius 2 is 1.71 bits per heavy atom. The van der Waals surface area contributed by atoms with Crippen LogP contribution < -0.4 is 0 Å². The predicted octanol–water partition coefficient (Wildman–Crippen LogP) is 5.66. The minimum atomic E-state index is -0.902. The lowest BCUT2D eigenvalue weighted by molar-refractivity contribution is -0.140. The van der Waals surface area contributed by atoms with Gasteiger partial charge in [0.15, 0.2) is 0 Å². The van der Waals surface area contributed by atoms with Crippen LogP contribution in [0.25, 0.3) is 5.76 Å². The molecular weight excluding hydrogens is 459 g/mol. The van der Waals surface area contributed by atoms with E-state index in [0.717, 1.165) is 5.56 Å². The summed E-state index contributed by atoms with van der Waals surface area (Å²) in [6.45, 7) is 0.111. The molecule has 1 atom stereocenters. The summed E-state index contributed by atoms with van der Waals surface area (Å²) in [5.74, 6) is -1.84. The molecule has 156 valence electrons. The van der Waals surface area contributed by atoms with E-state index in [2.05, 4.69) is 4.98 Å². The van der Waals surface area contributed by atoms with Gasteiger partial charge >= 0.3 is 0 Å². The van der Waals surface area contributed by atoms with E-state index in [1.165, 1.54) is 11.0 Å². The van der Waals surface area contributed by atoms with E-state index in [1.807, 2.05) is 0 Å². The number of benzene rings is 2. The van der Waals surface area contributed by atoms with Crippen LogP contribution in [0.15, 0.2) is 72.6 Å². The standard InChI is InChI=1S/C23H15Cl3N2O3/c24-15-5-3-14(4-6-15)21(29)19-20(17-8-7-16(25)10-18(17)26)28(23(31)22(19)30)12-13-2-1-9-27-11-13/h1-11,20,29H,12H2/t20-/m0/s1. The van der Waals surface area contributed by atoms with E-state index in [4.69, 9.17) is 34.8 Å². The molecular formula is C23H15Cl3N2O3. The molecule has 8 heteroatoms. The highest BCUT2D eigenvalue weighted by atomic mass is 35.5. The Morgan fingerprint density at radius 3 is 2.35 bits per heavy atom. The molecule has 0 spiro atoms. The van der Waals surface area contributed by atoms with E-state index < -0.39 is 17.7 Å². The van der Waals surface area contributed by atoms with Crippen molar-refractivity contribution >= 4 is 52.3 Å². The number of aliphatic hydroxyl groups excluding tert-OH is 1. The van der Waals surface area contributed by atoms with Crippen molar-refractivity contribution < 1.29 is 14.7 Å². The van der Waals surface area contributed by atoms with E-state index in [0.29, 0.717) is 21.2 Å². The molecule has 5 nitrogen and oxygen atoms in total. The minimum absolute atomic E-state index is 0.0552. The maximum absolute atomic E-state index is 13.0. The smallest absolute Gasteiger partial charge is 0.295 e. The van der Waals surface area contributed by atoms with Crippen LogP contribution in [0.4, 0.5) is 0 Å². The first-order valence-corrected chi connectivity index (χ1v) is 10.4. The lowest BCUT2D eigenvalue weighted by Crippen LogP contribution is -2.29. The van der Waals surface area contributed by atoms with Gasteiger partial charge in [0, 0.05) is 39.6 Å². The molecule has 1 saturated heterocycles. The van der Waals surface area contributed by atoms with Crippen LogP contribution >= 0.6 is 34.8 Å². The van der Waals surface area contributed by atoms with Crippen molar-refractivity contribution in [2.75, 3.05) is 0 Å². The SMILES string of the molecule is O=C1C(=O)N(Cc2cccnc2)[C@@H](c2ccc(Cl)cc2Cl)C1=C(O)c1ccc(Cl)cc1. The highest BCUT2D eigenvalue weighted by molar-refractivity contribution is 6.47. The van der Waals surface area contributed by atoms with E-state index >= 15 is 0 Å². The number of likely N-dealkylation sites (tertiary alicyclic amines) is 1. The Kier molecular flexibility index (Phi) is 6.01. The Bertz CT molecular complexity index is 1190. The monoisotopic (exact) mass is 472 g/mol. The van der Waals surface area contributed by atoms with E-state index in [1.54, 1.807) is 60.9 Å². The third-order valence-corrected chi connectivity index (χ3v) is 5.80. The Hall–Kier alpha value is -2.86. The van der Waals surface area contributed by atoms with Crippen molar-refractivity contribution in [1.82, 2.24) is 9.88 Å². The van der Waals surface area contributed by atoms with Crippen molar-refractivity contribution in [1.29, 1.82) is 0 Å². The summed E-state index contributed by atoms with van der Waals surface area (Å²) in [6.07, 6.45) is 3.23. The van der Waals surface area contributed by atoms with Crippen molar-refractivity contribution in [3.05, 3.63) is 104 Å². The summed E-state index contributed by atoms with van der Waals surface area (Å²) < 4.78 is 0. The number of hydrogen-bond acceptors (Lipinski definition) is 4. The summed E-state index contributed by atoms with van der Waals surface area (Å²) in [6, 6.07) is 13.8. The number of aliphatic hydroxyl groups is 1. The molecule has 3 aromatic rings. The highest BCUT2D eigenvalue weighted by Gasteiger charge is 2.46. The van der Waals surface area contributed by atoms with Gasteiger partial charge in [0.1, 0.15) is 5.76 Å². The van der Waals surface area contributed by atoms with E-state index in [-0.39, 0.29) is 22.9 Å². The number of hydrogen-bond donors (Lipinski definition) is 1. The molecule has 1 amide bonds. The molecule has 1 fully saturated rings. The summed E-state index contributed by atoms with van der Waals surface area (Å²) in [5.41, 5.74) is 1.51. The molecule has 0 unspecified atom stereocenters. The molecule has 4 rings (SSSR count). The van der Waals surface area contributed by atoms with Gasteiger partial charge in [-0.3, -0.25) is 14.6 Å². The minimum Gasteiger partial charge on any atom is -0.507 e. The van der Waals surface area contributed by atoms with Gasteiger partial charge < -0.3 is 10.0 Å². The maximum Gasteiger partial charge on any atom is 0.295 e. The maximum atomic E-state index is 13.0. The van der Waals surface area contributed by atoms with Crippen molar-refractivity contribution in [2.45, 2.75) is 12.6 Å². The first kappa shape index (κ1) is 21.4. The highest BCUT2D eigenvalue weighted by Crippen LogP contribution is 2.43. The summed E-state index contributed by atoms with van der Waals surface area (Å²) >= 11 is 18.4. The zero-order valence-corrected chi connectivity index (χ0v) is 18.2. The first-order chi connectivity index (χ1) is 14.9. The number of pyridine rings is 1. The Morgan fingerprint density at radius 1 is 1.00 bits per heavy atom. The van der Waals surface area contributed by atoms with Gasteiger partial charge in [-0.1, -0.05) is 46.9 Å². The number of halogens is 3. The predicted molar refractivity (Wildman–Crippen MR) is 120 cm³/mol. The molecule has 31 heavy (non-hydrogen) atoms. The van der Waals surface area contributed by atoms with Gasteiger partial charge in [0.05, 0.1) is 11.6 Å². The average Bonchev–Trinajstić information content (AvgIpc) is 2.99. The molecule has 1 aliphatic rings. The number of carbonyl (C=O) groups is 2. The molecule has 1 aromatic heterocycles. The summed E-state index contributed by atoms with van der Waals surface area (Å²) in [4.78, 5) is 31.5. The number of carbonyl (C=O) groups excluding carboxylic acids is 2. The van der Waals surface area contributed by atoms with Gasteiger partial charge in [-0.2, -0.15) is 0 Å². The van der Waals surface area contributed by atoms with Crippen molar-refractivity contribution in [3.63, 3.8) is 0 Å². The molecule has 0 bridgehead atoms. The van der Waals surface area contributed by atoms with Crippen LogP contribution in [0.2, 0.25) is 15.1 Å². The second-order valence-electron chi connectivity index (χ2n) is 6.96. The van der Waals surface area contributed by atoms with Crippen LogP contribution in [0, 0.1) is 0 Å². The lowest BCUT2D eigenvalue weighted by atomic mass is 9.95. The van der Waals surface area contributed by atoms with Crippen LogP contribution in [-0.2, 0) is 16.1 Å². The largest absolute Gasteiger partial charge is 0.507 e. The molecule has 2 heterocycles. The summed E-state index contributed by atoms with van der Waals surface area (Å²) in [5, 5.41) is 12.2. The number of nitrogens with zero attached hydrogens (tertiary/aromatic N) is 2. The molecule has 0 aliphatic carbocycles. The molecule has 1 aliphatic heterocycles. The normalized spacial score (nSPS) is 17.9. The fourth-order valence-electron chi connectivity index (χ4n) is 3.54. The zero-order valence-electron chi connectivity index (χ0n) is 15.9. The molecule has 2 aromatic carbocycles. The van der Waals surface area contributed by atoms with Crippen molar-refractivity contribution in [2.24, 2.45) is 0 Å². The number of rotatable bonds is 4. The van der Waals surface area contributed by atoms with Gasteiger partial charge in [0.25, 0.3) is 11.7 Å². The third kappa shape index (κ3) is 4.17. The number of Topliss-reactive ketones (excluding diaryl/α,β-unsaturated/α-hetero) is 1. The van der Waals surface area contributed by atoms with Crippen LogP contribution in [0.5, 0.6) is 0 Å². The fourth-order valence-corrected chi connectivity index (χ4v) is 4.18. The topological polar surface area (TPSA) is 70.5 Å². The van der Waals surface area contributed by atoms with Gasteiger partial charge in [0.2, 0.25) is 0 Å². The second kappa shape index (κ2) is 8.71. The zero-order chi connectivity index (χ0) is 22.1. The number of amides is 1. The summed E-state index contributed by atoms with van der Waals surface area (Å²) in [7, 11) is 0. The van der Waals surface area contributed by atoms with Gasteiger partial charge in [-0.15, -0.1) is 0 Å². The Labute approximate surface area is 193 Å². The second-order valence-corrected chi connectivity index (χ2v) is 8.24. The van der Waals surface area contributed by atoms with Crippen LogP contribution in [-0.4, -0.2) is 26.7 Å². The lowest BCUT2D eigenvalue weighted by Gasteiger charge is -2.26. The average molecular weight is 474 g/mol. The quantitative estimate of drug-likeness (QED) is 0.301. The van der Waals surface area contributed by atoms with Gasteiger partial charge in [-0.05, 0) is 53.6 Å². The van der Waals surface area contributed by atoms with Gasteiger partial charge in [-0.25, -0.2) is 0 Å². The van der Waals surface area contributed by atoms with E-state index in [9.17, 15) is 14.7 Å². The molecule has 1 N–H and O–H groups in total. The molecule has 0 radical (unpaired) electrons. The number of ketones is 1. The third-order valence-electron chi connectivity index (χ3n) is 4.99. The Balaban J connectivity index is 1.89. The van der Waals surface area contributed by atoms with Crippen LogP contribution in [0.1, 0.15) is 22.7 Å². The van der Waals surface area contributed by atoms with Crippen molar-refractivity contribution in [3.8, 4) is 0 Å². The number of aromatic nitrogens is 1. The fraction of sp³-hybridized carbons (Fsp3) is 0.0870. The first-order valence-electron chi connectivity index (χ1n) is 9.25. The molecule has 0 saturated carbocycles.